The van der Waals surface area contributed by atoms with Crippen LogP contribution in [0.1, 0.15) is 61.9 Å². The average molecular weight is 960 g/mol. The molecule has 22 radical (unpaired) electrons. The summed E-state index contributed by atoms with van der Waals surface area (Å²) in [6.07, 6.45) is 5.47. The minimum atomic E-state index is -2.70. The lowest BCUT2D eigenvalue weighted by atomic mass is 9.25. The molecule has 3 aromatic carbocycles. The van der Waals surface area contributed by atoms with E-state index < -0.39 is 43.1 Å². The van der Waals surface area contributed by atoms with Crippen LogP contribution in [0.2, 0.25) is 5.02 Å². The minimum absolute atomic E-state index is 0.0634. The molecule has 1 aliphatic carbocycles. The number of carbonyl (C=O) groups is 1. The lowest BCUT2D eigenvalue weighted by Gasteiger charge is -2.78. The van der Waals surface area contributed by atoms with Gasteiger partial charge in [0.15, 0.2) is 0 Å². The van der Waals surface area contributed by atoms with Gasteiger partial charge in [-0.25, -0.2) is 4.98 Å². The number of benzene rings is 3. The van der Waals surface area contributed by atoms with Gasteiger partial charge in [0.1, 0.15) is 30.7 Å². The molecular weight excluding hydrogens is 921 g/mol. The molecule has 0 spiro atoms. The van der Waals surface area contributed by atoms with Crippen LogP contribution in [-0.4, -0.2) is 163 Å². The number of ether oxygens (including phenoxy) is 2. The van der Waals surface area contributed by atoms with E-state index >= 15 is 0 Å². The number of fused-ring (bicyclic) bond motifs is 1. The number of halogens is 1. The number of aromatic nitrogens is 2. The van der Waals surface area contributed by atoms with Gasteiger partial charge in [0.25, 0.3) is 11.6 Å². The fourth-order valence-corrected chi connectivity index (χ4v) is 10.4. The first-order valence-electron chi connectivity index (χ1n) is 22.4. The number of piperazine rings is 1. The molecule has 336 valence electrons. The van der Waals surface area contributed by atoms with E-state index in [1.165, 1.54) is 36.5 Å². The quantitative estimate of drug-likeness (QED) is 0.0590. The Labute approximate surface area is 437 Å². The molecule has 2 aliphatic heterocycles. The van der Waals surface area contributed by atoms with Crippen LogP contribution in [0, 0.1) is 21.4 Å². The lowest BCUT2D eigenvalue weighted by molar-refractivity contribution is -0.384. The summed E-state index contributed by atoms with van der Waals surface area (Å²) in [4.78, 5) is 35.3. The van der Waals surface area contributed by atoms with Crippen LogP contribution in [0.15, 0.2) is 95.7 Å². The number of nitrogens with one attached hydrogen (secondary N) is 3. The Morgan fingerprint density at radius 3 is 2.25 bits per heavy atom. The highest BCUT2D eigenvalue weighted by molar-refractivity contribution is 7.98. The van der Waals surface area contributed by atoms with Crippen LogP contribution in [0.4, 0.5) is 17.1 Å². The Hall–Kier alpha value is -4.41. The molecule has 1 unspecified atom stereocenters. The fraction of sp³-hybridized carbons (Fsp3) is 0.378. The molecule has 1 atom stereocenters. The molecule has 3 aliphatic rings. The van der Waals surface area contributed by atoms with Crippen LogP contribution >= 0.6 is 23.5 Å². The van der Waals surface area contributed by atoms with E-state index in [0.717, 1.165) is 21.7 Å². The number of H-pyrrole nitrogens is 1. The first-order valence-corrected chi connectivity index (χ1v) is 23.6. The second-order valence-corrected chi connectivity index (χ2v) is 20.6. The molecule has 0 bridgehead atoms. The van der Waals surface area contributed by atoms with Crippen LogP contribution < -0.4 is 19.7 Å². The number of anilines is 2. The molecule has 71 heavy (non-hydrogen) atoms. The summed E-state index contributed by atoms with van der Waals surface area (Å²) >= 11 is 7.03. The Bertz CT molecular complexity index is 2870. The summed E-state index contributed by atoms with van der Waals surface area (Å²) in [5.41, 5.74) is -1.18. The summed E-state index contributed by atoms with van der Waals surface area (Å²) in [6.45, 7) is 5.07. The maximum atomic E-state index is 14.2. The minimum Gasteiger partial charge on any atom is -0.455 e. The Morgan fingerprint density at radius 2 is 1.61 bits per heavy atom. The zero-order valence-electron chi connectivity index (χ0n) is 39.0. The predicted octanol–water partition coefficient (Wildman–Crippen LogP) is 3.75. The van der Waals surface area contributed by atoms with Crippen molar-refractivity contribution in [1.82, 2.24) is 19.6 Å². The fourth-order valence-electron chi connectivity index (χ4n) is 9.60. The number of nitro groups is 1. The van der Waals surface area contributed by atoms with Crippen molar-refractivity contribution in [2.45, 2.75) is 83.2 Å². The molecule has 4 N–H and O–H groups in total. The van der Waals surface area contributed by atoms with E-state index in [9.17, 15) is 20.0 Å². The number of aliphatic hydroxyl groups is 1. The number of allylic oxidation sites excluding steroid dienone is 1. The highest BCUT2D eigenvalue weighted by atomic mass is 35.5. The molecule has 26 heteroatoms. The molecule has 4 heterocycles. The molecule has 2 aromatic heterocycles. The second-order valence-electron chi connectivity index (χ2n) is 19.3. The number of rotatable bonds is 13. The van der Waals surface area contributed by atoms with Crippen LogP contribution in [0.3, 0.4) is 0 Å². The highest BCUT2D eigenvalue weighted by Gasteiger charge is 2.64. The first-order chi connectivity index (χ1) is 33.1. The number of nitrogens with zero attached hydrogens (tertiary/aromatic N) is 4. The monoisotopic (exact) mass is 961 g/mol. The molecule has 1 amide bonds. The summed E-state index contributed by atoms with van der Waals surface area (Å²) in [6, 6.07) is 18.7. The Morgan fingerprint density at radius 1 is 0.944 bits per heavy atom. The van der Waals surface area contributed by atoms with Gasteiger partial charge in [0.05, 0.1) is 101 Å². The highest BCUT2D eigenvalue weighted by Crippen LogP contribution is 2.53. The third-order valence-electron chi connectivity index (χ3n) is 13.6. The van der Waals surface area contributed by atoms with Crippen LogP contribution in [0.5, 0.6) is 11.5 Å². The van der Waals surface area contributed by atoms with Gasteiger partial charge >= 0.3 is 0 Å². The molecular formula is C45H39B11ClN7O6S. The van der Waals surface area contributed by atoms with Crippen molar-refractivity contribution in [1.29, 1.82) is 0 Å². The SMILES string of the molecule is [B]C([B])(Nc1ccc(SNC(=O)c2ccc(N3C([B])([B])C([B])([B])N(C([B])(O)C4=C(c5ccc(Cl)cc5)CC(C)(C)CC4)C([B])([B])C3([B])[B])cc2Oc2cnc3[nH]ccc3c2)cc1[N+](=O)[O-])C1CCOCC1. The number of aromatic amines is 1. The van der Waals surface area contributed by atoms with E-state index in [1.54, 1.807) is 48.7 Å². The second kappa shape index (κ2) is 19.1. The van der Waals surface area contributed by atoms with Crippen molar-refractivity contribution >= 4 is 149 Å². The summed E-state index contributed by atoms with van der Waals surface area (Å²) in [7, 11) is 75.4. The third kappa shape index (κ3) is 9.91. The topological polar surface area (TPSA) is 158 Å². The van der Waals surface area contributed by atoms with Gasteiger partial charge in [-0.1, -0.05) is 37.6 Å². The Balaban J connectivity index is 1.15. The largest absolute Gasteiger partial charge is 0.455 e. The summed E-state index contributed by atoms with van der Waals surface area (Å²) < 4.78 is 14.5. The van der Waals surface area contributed by atoms with E-state index in [0.29, 0.717) is 66.1 Å². The third-order valence-corrected chi connectivity index (χ3v) is 14.6. The van der Waals surface area contributed by atoms with Gasteiger partial charge in [-0.15, -0.1) is 0 Å². The molecule has 2 saturated heterocycles. The number of nitro benzene ring substituents is 1. The zero-order valence-corrected chi connectivity index (χ0v) is 40.6. The number of hydrogen-bond acceptors (Lipinski definition) is 11. The van der Waals surface area contributed by atoms with Crippen LogP contribution in [0.25, 0.3) is 16.6 Å². The first kappa shape index (κ1) is 52.9. The summed E-state index contributed by atoms with van der Waals surface area (Å²) in [5.74, 6) is -0.893. The summed E-state index contributed by atoms with van der Waals surface area (Å²) in [5, 5.41) is 17.0. The molecule has 8 rings (SSSR count). The van der Waals surface area contributed by atoms with Gasteiger partial charge in [-0.2, -0.15) is 0 Å². The average Bonchev–Trinajstić information content (AvgIpc) is 3.76. The van der Waals surface area contributed by atoms with Crippen LogP contribution in [-0.2, 0) is 4.74 Å². The molecule has 13 nitrogen and oxygen atoms in total. The van der Waals surface area contributed by atoms with Crippen molar-refractivity contribution in [3.63, 3.8) is 0 Å². The Kier molecular flexibility index (Phi) is 14.3. The van der Waals surface area contributed by atoms with Gasteiger partial charge in [-0.05, 0) is 147 Å². The number of amides is 1. The zero-order chi connectivity index (χ0) is 51.7. The normalized spacial score (nSPS) is 20.7. The van der Waals surface area contributed by atoms with E-state index in [4.69, 9.17) is 107 Å². The van der Waals surface area contributed by atoms with Gasteiger partial charge in [0.2, 0.25) is 0 Å². The van der Waals surface area contributed by atoms with E-state index in [2.05, 4.69) is 33.9 Å². The molecule has 2 fully saturated rings. The number of carbonyl (C=O) groups excluding carboxylic acids is 1. The van der Waals surface area contributed by atoms with Crippen molar-refractivity contribution in [2.75, 3.05) is 23.4 Å². The predicted molar refractivity (Wildman–Crippen MR) is 288 cm³/mol. The van der Waals surface area contributed by atoms with Gasteiger partial charge in [-0.3, -0.25) is 19.6 Å². The van der Waals surface area contributed by atoms with Gasteiger partial charge < -0.3 is 34.7 Å². The maximum Gasteiger partial charge on any atom is 0.293 e. The van der Waals surface area contributed by atoms with E-state index in [-0.39, 0.29) is 62.3 Å². The number of pyridine rings is 1. The number of hydrogen-bond donors (Lipinski definition) is 4. The maximum absolute atomic E-state index is 14.2. The lowest BCUT2D eigenvalue weighted by Crippen LogP contribution is -2.95. The van der Waals surface area contributed by atoms with Crippen molar-refractivity contribution in [3.8, 4) is 11.5 Å². The smallest absolute Gasteiger partial charge is 0.293 e. The molecule has 0 saturated carbocycles. The standard InChI is InChI=1S/C45H39B11ClN7O6S/c1-39(2)15-11-33(32(22-39)24-3-5-27(57)6-4-24)41(48,66)64-44(53,54)42(49,50)62(43(51,52)45(64,55)56)28-7-9-31(36(20-28)70-29-19-25-12-16-58-37(25)59-23-29)38(65)61-71-30-8-10-34(35(21-30)63(67)68)60-40(46,47)26-13-17-69-18-14-26/h3-10,12,16,19-21,23,26,60,66H,11,13-15,17-18,22H2,1-2H3,(H,58,59)(H,61,65). The van der Waals surface area contributed by atoms with E-state index in [1.807, 2.05) is 0 Å². The van der Waals surface area contributed by atoms with Crippen molar-refractivity contribution in [2.24, 2.45) is 11.3 Å². The van der Waals surface area contributed by atoms with Crippen molar-refractivity contribution < 1.29 is 24.3 Å². The molecule has 5 aromatic rings. The van der Waals surface area contributed by atoms with Crippen molar-refractivity contribution in [3.05, 3.63) is 117 Å². The van der Waals surface area contributed by atoms with Gasteiger partial charge in [0, 0.05) is 52.5 Å².